The molecule has 1 unspecified atom stereocenters. The Morgan fingerprint density at radius 1 is 0.900 bits per heavy atom. The zero-order valence-electron chi connectivity index (χ0n) is 10.6. The van der Waals surface area contributed by atoms with Crippen molar-refractivity contribution in [3.05, 3.63) is 66.2 Å². The maximum absolute atomic E-state index is 12.3. The molecule has 20 heavy (non-hydrogen) atoms. The molecule has 4 nitrogen and oxygen atoms in total. The quantitative estimate of drug-likeness (QED) is 0.850. The van der Waals surface area contributed by atoms with Crippen LogP contribution in [0.4, 0.5) is 5.69 Å². The van der Waals surface area contributed by atoms with Gasteiger partial charge in [-0.2, -0.15) is 0 Å². The molecule has 1 aliphatic heterocycles. The predicted octanol–water partition coefficient (Wildman–Crippen LogP) is 2.15. The highest BCUT2D eigenvalue weighted by Gasteiger charge is 2.45. The van der Waals surface area contributed by atoms with E-state index >= 15 is 0 Å². The molecule has 102 valence electrons. The van der Waals surface area contributed by atoms with Gasteiger partial charge in [0.15, 0.2) is 15.2 Å². The zero-order chi connectivity index (χ0) is 14.2. The van der Waals surface area contributed by atoms with Crippen LogP contribution in [-0.4, -0.2) is 20.1 Å². The lowest BCUT2D eigenvalue weighted by Gasteiger charge is -2.23. The number of carbonyl (C=O) groups excluding carboxylic acids is 1. The van der Waals surface area contributed by atoms with Crippen molar-refractivity contribution in [3.8, 4) is 0 Å². The highest BCUT2D eigenvalue weighted by atomic mass is 32.2. The third kappa shape index (κ3) is 2.10. The molecule has 2 aromatic rings. The number of hydrogen-bond acceptors (Lipinski definition) is 3. The van der Waals surface area contributed by atoms with Crippen molar-refractivity contribution in [2.24, 2.45) is 0 Å². The first-order chi connectivity index (χ1) is 9.59. The predicted molar refractivity (Wildman–Crippen MR) is 76.9 cm³/mol. The number of nitrogens with zero attached hydrogens (tertiary/aromatic N) is 1. The fourth-order valence-corrected chi connectivity index (χ4v) is 4.23. The molecule has 1 atom stereocenters. The number of benzene rings is 2. The number of anilines is 1. The van der Waals surface area contributed by atoms with Crippen LogP contribution in [0.2, 0.25) is 0 Å². The minimum Gasteiger partial charge on any atom is -0.290 e. The summed E-state index contributed by atoms with van der Waals surface area (Å²) >= 11 is 0. The first kappa shape index (κ1) is 12.9. The average molecular weight is 287 g/mol. The Morgan fingerprint density at radius 3 is 2.05 bits per heavy atom. The SMILES string of the molecule is O=C1CS(=O)(=O)C(c2ccccc2)N1c1ccccc1. The van der Waals surface area contributed by atoms with Crippen molar-refractivity contribution in [1.29, 1.82) is 0 Å². The molecule has 1 aliphatic rings. The second kappa shape index (κ2) is 4.76. The summed E-state index contributed by atoms with van der Waals surface area (Å²) in [7, 11) is -3.51. The fraction of sp³-hybridized carbons (Fsp3) is 0.133. The molecule has 3 rings (SSSR count). The summed E-state index contributed by atoms with van der Waals surface area (Å²) in [4.78, 5) is 13.5. The highest BCUT2D eigenvalue weighted by molar-refractivity contribution is 7.93. The second-order valence-electron chi connectivity index (χ2n) is 4.67. The van der Waals surface area contributed by atoms with Crippen molar-refractivity contribution in [2.45, 2.75) is 5.37 Å². The van der Waals surface area contributed by atoms with E-state index in [1.54, 1.807) is 48.5 Å². The first-order valence-corrected chi connectivity index (χ1v) is 7.95. The Hall–Kier alpha value is -2.14. The lowest BCUT2D eigenvalue weighted by atomic mass is 10.2. The van der Waals surface area contributed by atoms with Crippen LogP contribution in [0.15, 0.2) is 60.7 Å². The Balaban J connectivity index is 2.15. The van der Waals surface area contributed by atoms with Gasteiger partial charge in [0, 0.05) is 5.69 Å². The van der Waals surface area contributed by atoms with Crippen molar-refractivity contribution >= 4 is 21.4 Å². The molecular formula is C15H13NO3S. The number of rotatable bonds is 2. The van der Waals surface area contributed by atoms with Gasteiger partial charge in [-0.1, -0.05) is 48.5 Å². The van der Waals surface area contributed by atoms with Crippen LogP contribution >= 0.6 is 0 Å². The molecule has 0 N–H and O–H groups in total. The Morgan fingerprint density at radius 2 is 1.45 bits per heavy atom. The van der Waals surface area contributed by atoms with E-state index in [2.05, 4.69) is 0 Å². The molecule has 1 saturated heterocycles. The van der Waals surface area contributed by atoms with Gasteiger partial charge < -0.3 is 0 Å². The standard InChI is InChI=1S/C15H13NO3S/c17-14-11-20(18,19)15(12-7-3-1-4-8-12)16(14)13-9-5-2-6-10-13/h1-10,15H,11H2. The van der Waals surface area contributed by atoms with Crippen LogP contribution in [0.25, 0.3) is 0 Å². The van der Waals surface area contributed by atoms with Gasteiger partial charge in [0.05, 0.1) is 0 Å². The molecule has 2 aromatic carbocycles. The Kier molecular flexibility index (Phi) is 3.06. The largest absolute Gasteiger partial charge is 0.290 e. The summed E-state index contributed by atoms with van der Waals surface area (Å²) in [6.45, 7) is 0. The van der Waals surface area contributed by atoms with Gasteiger partial charge in [-0.25, -0.2) is 8.42 Å². The lowest BCUT2D eigenvalue weighted by Crippen LogP contribution is -2.28. The molecular weight excluding hydrogens is 274 g/mol. The average Bonchev–Trinajstić information content (AvgIpc) is 2.70. The second-order valence-corrected chi connectivity index (χ2v) is 6.73. The minimum atomic E-state index is -3.51. The first-order valence-electron chi connectivity index (χ1n) is 6.23. The molecule has 0 aromatic heterocycles. The highest BCUT2D eigenvalue weighted by Crippen LogP contribution is 2.37. The topological polar surface area (TPSA) is 54.5 Å². The maximum Gasteiger partial charge on any atom is 0.243 e. The maximum atomic E-state index is 12.3. The summed E-state index contributed by atoms with van der Waals surface area (Å²) in [6, 6.07) is 17.7. The Bertz CT molecular complexity index is 726. The number of carbonyl (C=O) groups is 1. The number of hydrogen-bond donors (Lipinski definition) is 0. The summed E-state index contributed by atoms with van der Waals surface area (Å²) in [5, 5.41) is -0.932. The van der Waals surface area contributed by atoms with Crippen molar-refractivity contribution < 1.29 is 13.2 Å². The van der Waals surface area contributed by atoms with Gasteiger partial charge >= 0.3 is 0 Å². The van der Waals surface area contributed by atoms with Crippen molar-refractivity contribution in [2.75, 3.05) is 10.7 Å². The summed E-state index contributed by atoms with van der Waals surface area (Å²) in [5.74, 6) is -0.827. The van der Waals surface area contributed by atoms with E-state index in [4.69, 9.17) is 0 Å². The van der Waals surface area contributed by atoms with Crippen molar-refractivity contribution in [1.82, 2.24) is 0 Å². The van der Waals surface area contributed by atoms with Crippen LogP contribution in [-0.2, 0) is 14.6 Å². The minimum absolute atomic E-state index is 0.384. The zero-order valence-corrected chi connectivity index (χ0v) is 11.5. The van der Waals surface area contributed by atoms with E-state index in [0.29, 0.717) is 11.3 Å². The van der Waals surface area contributed by atoms with E-state index in [9.17, 15) is 13.2 Å². The van der Waals surface area contributed by atoms with Gasteiger partial charge in [0.2, 0.25) is 5.91 Å². The number of amides is 1. The van der Waals surface area contributed by atoms with Crippen LogP contribution < -0.4 is 4.90 Å². The van der Waals surface area contributed by atoms with E-state index in [1.807, 2.05) is 12.1 Å². The summed E-state index contributed by atoms with van der Waals surface area (Å²) < 4.78 is 24.6. The molecule has 0 aliphatic carbocycles. The van der Waals surface area contributed by atoms with Crippen LogP contribution in [0.3, 0.4) is 0 Å². The number of sulfone groups is 1. The molecule has 0 spiro atoms. The van der Waals surface area contributed by atoms with Gasteiger partial charge in [-0.3, -0.25) is 9.69 Å². The van der Waals surface area contributed by atoms with Gasteiger partial charge in [-0.05, 0) is 17.7 Å². The molecule has 1 heterocycles. The smallest absolute Gasteiger partial charge is 0.243 e. The molecule has 0 bridgehead atoms. The summed E-state index contributed by atoms with van der Waals surface area (Å²) in [5.41, 5.74) is 1.22. The van der Waals surface area contributed by atoms with E-state index in [0.717, 1.165) is 0 Å². The van der Waals surface area contributed by atoms with Crippen molar-refractivity contribution in [3.63, 3.8) is 0 Å². The lowest BCUT2D eigenvalue weighted by molar-refractivity contribution is -0.115. The normalized spacial score (nSPS) is 21.1. The van der Waals surface area contributed by atoms with E-state index in [1.165, 1.54) is 4.90 Å². The van der Waals surface area contributed by atoms with Crippen LogP contribution in [0.1, 0.15) is 10.9 Å². The molecule has 1 fully saturated rings. The van der Waals surface area contributed by atoms with E-state index in [-0.39, 0.29) is 5.91 Å². The third-order valence-electron chi connectivity index (χ3n) is 3.29. The van der Waals surface area contributed by atoms with Crippen LogP contribution in [0.5, 0.6) is 0 Å². The molecule has 5 heteroatoms. The van der Waals surface area contributed by atoms with Gasteiger partial charge in [0.25, 0.3) is 0 Å². The van der Waals surface area contributed by atoms with E-state index < -0.39 is 21.0 Å². The van der Waals surface area contributed by atoms with Crippen LogP contribution in [0, 0.1) is 0 Å². The Labute approximate surface area is 117 Å². The third-order valence-corrected chi connectivity index (χ3v) is 5.10. The molecule has 0 radical (unpaired) electrons. The molecule has 1 amide bonds. The summed E-state index contributed by atoms with van der Waals surface area (Å²) in [6.07, 6.45) is 0. The van der Waals surface area contributed by atoms with Gasteiger partial charge in [0.1, 0.15) is 5.75 Å². The molecule has 0 saturated carbocycles. The van der Waals surface area contributed by atoms with Gasteiger partial charge in [-0.15, -0.1) is 0 Å². The fourth-order valence-electron chi connectivity index (χ4n) is 2.45. The monoisotopic (exact) mass is 287 g/mol. The number of para-hydroxylation sites is 1.